The predicted molar refractivity (Wildman–Crippen MR) is 283 cm³/mol. The highest BCUT2D eigenvalue weighted by Crippen LogP contribution is 2.18. The van der Waals surface area contributed by atoms with Crippen LogP contribution in [0.15, 0.2) is 53.0 Å². The number of rotatable bonds is 32. The van der Waals surface area contributed by atoms with Crippen LogP contribution in [0.5, 0.6) is 0 Å². The highest BCUT2D eigenvalue weighted by atomic mass is 79.9. The number of carbonyl (C=O) groups excluding carboxylic acids is 3. The molecule has 0 aromatic heterocycles. The molecule has 24 heteroatoms. The lowest BCUT2D eigenvalue weighted by Gasteiger charge is -2.37. The molecule has 3 amide bonds. The number of Topliss-reactive ketones (excluding diaryl/α,β-unsaturated/α-hetero) is 1. The van der Waals surface area contributed by atoms with Crippen LogP contribution in [0.3, 0.4) is 0 Å². The Bertz CT molecular complexity index is 2240. The molecule has 414 valence electrons. The first-order chi connectivity index (χ1) is 35.6. The minimum atomic E-state index is -1.37. The second-order valence-corrected chi connectivity index (χ2v) is 20.4. The zero-order valence-electron chi connectivity index (χ0n) is 42.4. The van der Waals surface area contributed by atoms with Gasteiger partial charge in [0.2, 0.25) is 5.91 Å². The van der Waals surface area contributed by atoms with Crippen LogP contribution in [0.4, 0.5) is 4.79 Å². The number of halogens is 1. The van der Waals surface area contributed by atoms with Crippen LogP contribution in [0, 0.1) is 0 Å². The number of aliphatic carboxylic acids is 6. The lowest BCUT2D eigenvalue weighted by Crippen LogP contribution is -2.53. The maximum Gasteiger partial charge on any atom is 0.326 e. The molecule has 75 heavy (non-hydrogen) atoms. The number of hydrogen-bond donors (Lipinski definition) is 8. The number of carbonyl (C=O) groups is 9. The summed E-state index contributed by atoms with van der Waals surface area (Å²) in [4.78, 5) is 118. The van der Waals surface area contributed by atoms with Crippen molar-refractivity contribution in [1.82, 2.24) is 35.1 Å². The molecule has 3 atom stereocenters. The van der Waals surface area contributed by atoms with Crippen LogP contribution in [0.2, 0.25) is 0 Å². The Morgan fingerprint density at radius 3 is 1.64 bits per heavy atom. The van der Waals surface area contributed by atoms with Gasteiger partial charge < -0.3 is 51.0 Å². The summed E-state index contributed by atoms with van der Waals surface area (Å²) in [5.41, 5.74) is 2.72. The number of ketones is 1. The largest absolute Gasteiger partial charge is 0.480 e. The molecule has 1 saturated heterocycles. The quantitative estimate of drug-likeness (QED) is 0.0384. The SMILES string of the molecule is CC(=O)CCC(NC(=O)NC(CCCCN(Cc1ccc(Br)cc1)C(=O)CCCCCC(=S)Cc1ccc(CC2CN(CC(=O)O)CCN(CC(=O)O)CCN(CC(=O)O)CCN2CC(=O)O)cc1)C(=O)O)C(=O)O. The first-order valence-electron chi connectivity index (χ1n) is 25.0. The molecule has 2 aromatic rings. The van der Waals surface area contributed by atoms with E-state index in [4.69, 9.17) is 12.2 Å². The summed E-state index contributed by atoms with van der Waals surface area (Å²) in [5, 5.41) is 62.5. The van der Waals surface area contributed by atoms with Gasteiger partial charge in [0.1, 0.15) is 17.9 Å². The molecule has 22 nitrogen and oxygen atoms in total. The Morgan fingerprint density at radius 2 is 1.09 bits per heavy atom. The number of carboxylic acids is 6. The van der Waals surface area contributed by atoms with Gasteiger partial charge >= 0.3 is 41.8 Å². The van der Waals surface area contributed by atoms with E-state index in [-0.39, 0.29) is 109 Å². The number of carboxylic acid groups (broad SMARTS) is 6. The molecule has 3 rings (SSSR count). The van der Waals surface area contributed by atoms with Gasteiger partial charge in [-0.05, 0) is 92.0 Å². The van der Waals surface area contributed by atoms with E-state index >= 15 is 0 Å². The van der Waals surface area contributed by atoms with Crippen molar-refractivity contribution in [2.45, 2.75) is 109 Å². The first kappa shape index (κ1) is 63.4. The minimum Gasteiger partial charge on any atom is -0.480 e. The van der Waals surface area contributed by atoms with E-state index in [1.165, 1.54) is 6.92 Å². The Morgan fingerprint density at radius 1 is 0.600 bits per heavy atom. The van der Waals surface area contributed by atoms with Crippen LogP contribution < -0.4 is 10.6 Å². The normalized spacial score (nSPS) is 16.1. The van der Waals surface area contributed by atoms with Crippen LogP contribution >= 0.6 is 28.1 Å². The van der Waals surface area contributed by atoms with Crippen LogP contribution in [0.25, 0.3) is 0 Å². The molecule has 1 aliphatic rings. The Kier molecular flexibility index (Phi) is 28.6. The fourth-order valence-corrected chi connectivity index (χ4v) is 9.22. The van der Waals surface area contributed by atoms with Gasteiger partial charge in [-0.2, -0.15) is 0 Å². The molecule has 0 spiro atoms. The molecule has 3 unspecified atom stereocenters. The third-order valence-corrected chi connectivity index (χ3v) is 13.5. The second kappa shape index (κ2) is 33.9. The number of amides is 3. The number of urea groups is 1. The van der Waals surface area contributed by atoms with Crippen LogP contribution in [-0.4, -0.2) is 210 Å². The van der Waals surface area contributed by atoms with Gasteiger partial charge in [0.15, 0.2) is 0 Å². The standard InChI is InChI=1S/C51H72BrN7O15S/c1-35(60)10-19-43(50(72)73)54-51(74)53-42(49(70)71)8-5-6-20-59(29-38-15-17-39(52)18-16-38)44(61)9-4-2-3-7-41(75)28-37-13-11-36(12-14-37)27-40-30-57(33-47(66)67)24-23-55(31-45(62)63)21-22-56(32-46(64)65)25-26-58(40)34-48(68)69/h11-18,40,42-43H,2-10,19-34H2,1H3,(H,62,63)(H,64,65)(H,66,67)(H,68,69)(H,70,71)(H,72,73)(H2,53,54,74). The molecule has 0 aliphatic carbocycles. The van der Waals surface area contributed by atoms with Crippen molar-refractivity contribution in [1.29, 1.82) is 0 Å². The molecule has 0 saturated carbocycles. The van der Waals surface area contributed by atoms with Gasteiger partial charge in [0, 0.05) is 88.7 Å². The molecule has 2 aromatic carbocycles. The average Bonchev–Trinajstić information content (AvgIpc) is 3.32. The van der Waals surface area contributed by atoms with Crippen molar-refractivity contribution in [2.75, 3.05) is 78.5 Å². The zero-order chi connectivity index (χ0) is 55.5. The van der Waals surface area contributed by atoms with Crippen LogP contribution in [-0.2, 0) is 57.7 Å². The molecule has 8 N–H and O–H groups in total. The summed E-state index contributed by atoms with van der Waals surface area (Å²) >= 11 is 9.19. The highest BCUT2D eigenvalue weighted by Gasteiger charge is 2.29. The van der Waals surface area contributed by atoms with Crippen molar-refractivity contribution >= 4 is 86.5 Å². The van der Waals surface area contributed by atoms with E-state index < -0.39 is 60.0 Å². The molecule has 0 radical (unpaired) electrons. The average molecular weight is 1140 g/mol. The molecule has 1 heterocycles. The Hall–Kier alpha value is -5.92. The van der Waals surface area contributed by atoms with E-state index in [9.17, 15) is 73.8 Å². The summed E-state index contributed by atoms with van der Waals surface area (Å²) in [5.74, 6) is -7.32. The van der Waals surface area contributed by atoms with Crippen molar-refractivity contribution in [2.24, 2.45) is 0 Å². The van der Waals surface area contributed by atoms with E-state index in [0.717, 1.165) is 38.9 Å². The lowest BCUT2D eigenvalue weighted by molar-refractivity contribution is -0.142. The molecular formula is C51H72BrN7O15S. The van der Waals surface area contributed by atoms with Gasteiger partial charge in [0.05, 0.1) is 26.2 Å². The van der Waals surface area contributed by atoms with Gasteiger partial charge in [0.25, 0.3) is 0 Å². The molecule has 1 fully saturated rings. The Labute approximate surface area is 450 Å². The molecule has 0 bridgehead atoms. The smallest absolute Gasteiger partial charge is 0.326 e. The van der Waals surface area contributed by atoms with Gasteiger partial charge in [-0.15, -0.1) is 0 Å². The third kappa shape index (κ3) is 26.9. The van der Waals surface area contributed by atoms with Gasteiger partial charge in [-0.1, -0.05) is 71.0 Å². The lowest BCUT2D eigenvalue weighted by atomic mass is 9.99. The number of hydrogen-bond acceptors (Lipinski definition) is 14. The van der Waals surface area contributed by atoms with Crippen molar-refractivity contribution in [3.63, 3.8) is 0 Å². The molecular weight excluding hydrogens is 1060 g/mol. The number of unbranched alkanes of at least 4 members (excludes halogenated alkanes) is 3. The fraction of sp³-hybridized carbons (Fsp3) is 0.569. The monoisotopic (exact) mass is 1130 g/mol. The van der Waals surface area contributed by atoms with E-state index in [2.05, 4.69) is 26.6 Å². The Balaban J connectivity index is 1.58. The van der Waals surface area contributed by atoms with E-state index in [0.29, 0.717) is 51.6 Å². The minimum absolute atomic E-state index is 0.0259. The summed E-state index contributed by atoms with van der Waals surface area (Å²) in [6.45, 7) is 1.92. The number of nitrogens with zero attached hydrogens (tertiary/aromatic N) is 5. The summed E-state index contributed by atoms with van der Waals surface area (Å²) in [6.07, 6.45) is 4.48. The van der Waals surface area contributed by atoms with Gasteiger partial charge in [-0.3, -0.25) is 43.6 Å². The van der Waals surface area contributed by atoms with Crippen molar-refractivity contribution in [3.05, 3.63) is 69.7 Å². The van der Waals surface area contributed by atoms with E-state index in [1.54, 1.807) is 24.5 Å². The predicted octanol–water partition coefficient (Wildman–Crippen LogP) is 3.56. The third-order valence-electron chi connectivity index (χ3n) is 12.6. The zero-order valence-corrected chi connectivity index (χ0v) is 44.8. The van der Waals surface area contributed by atoms with Crippen molar-refractivity contribution in [3.8, 4) is 0 Å². The topological polar surface area (TPSA) is 315 Å². The first-order valence-corrected chi connectivity index (χ1v) is 26.2. The fourth-order valence-electron chi connectivity index (χ4n) is 8.64. The van der Waals surface area contributed by atoms with Crippen LogP contribution in [0.1, 0.15) is 87.8 Å². The highest BCUT2D eigenvalue weighted by molar-refractivity contribution is 9.10. The molecule has 1 aliphatic heterocycles. The summed E-state index contributed by atoms with van der Waals surface area (Å²) in [7, 11) is 0. The maximum atomic E-state index is 13.6. The van der Waals surface area contributed by atoms with Crippen molar-refractivity contribution < 1.29 is 73.8 Å². The van der Waals surface area contributed by atoms with E-state index in [1.807, 2.05) is 48.5 Å². The number of benzene rings is 2. The maximum absolute atomic E-state index is 13.6. The summed E-state index contributed by atoms with van der Waals surface area (Å²) < 4.78 is 0.880. The summed E-state index contributed by atoms with van der Waals surface area (Å²) in [6, 6.07) is 11.1. The second-order valence-electron chi connectivity index (χ2n) is 18.9. The number of thiocarbonyl (C=S) groups is 1. The van der Waals surface area contributed by atoms with Gasteiger partial charge in [-0.25, -0.2) is 14.4 Å². The number of nitrogens with one attached hydrogen (secondary N) is 2.